The van der Waals surface area contributed by atoms with E-state index in [4.69, 9.17) is 0 Å². The van der Waals surface area contributed by atoms with Crippen LogP contribution in [0.5, 0.6) is 0 Å². The fourth-order valence-corrected chi connectivity index (χ4v) is 6.83. The number of hydrogen-bond acceptors (Lipinski definition) is 1. The average molecular weight is 552 g/mol. The number of fused-ring (bicyclic) bond motifs is 8. The van der Waals surface area contributed by atoms with Gasteiger partial charge in [-0.25, -0.2) is 0 Å². The van der Waals surface area contributed by atoms with Crippen molar-refractivity contribution in [2.45, 2.75) is 0 Å². The van der Waals surface area contributed by atoms with Gasteiger partial charge in [-0.1, -0.05) is 91.0 Å². The van der Waals surface area contributed by atoms with Crippen molar-refractivity contribution in [3.05, 3.63) is 162 Å². The monoisotopic (exact) mass is 551 g/mol. The van der Waals surface area contributed by atoms with Crippen molar-refractivity contribution in [2.24, 2.45) is 0 Å². The third kappa shape index (κ3) is 3.35. The molecule has 9 rings (SSSR count). The average Bonchev–Trinajstić information content (AvgIpc) is 3.58. The van der Waals surface area contributed by atoms with Crippen LogP contribution in [0.3, 0.4) is 0 Å². The van der Waals surface area contributed by atoms with E-state index >= 15 is 0 Å². The Kier molecular flexibility index (Phi) is 5.02. The van der Waals surface area contributed by atoms with Crippen LogP contribution in [0.15, 0.2) is 156 Å². The molecular weight excluding hydrogens is 526 g/mol. The van der Waals surface area contributed by atoms with Crippen molar-refractivity contribution in [3.63, 3.8) is 0 Å². The van der Waals surface area contributed by atoms with Gasteiger partial charge in [0, 0.05) is 44.0 Å². The van der Waals surface area contributed by atoms with Gasteiger partial charge in [-0.2, -0.15) is 0 Å². The van der Waals surface area contributed by atoms with Gasteiger partial charge in [-0.05, 0) is 60.7 Å². The standard InChI is InChI=1S/C39H25N3O/c43-39-31-22-11-10-21-30(31)37-38(42(39)28-18-8-3-9-19-28)33-24-32-29-20-12-13-23-34(29)40(26-14-4-1-5-15-26)35(32)25-36(33)41(37)27-16-6-2-7-17-27/h1-25H. The van der Waals surface area contributed by atoms with Crippen LogP contribution in [0.2, 0.25) is 0 Å². The molecule has 9 aromatic rings. The summed E-state index contributed by atoms with van der Waals surface area (Å²) in [5, 5.41) is 5.00. The van der Waals surface area contributed by atoms with Crippen molar-refractivity contribution in [1.29, 1.82) is 0 Å². The van der Waals surface area contributed by atoms with E-state index in [-0.39, 0.29) is 5.56 Å². The van der Waals surface area contributed by atoms with Crippen molar-refractivity contribution < 1.29 is 0 Å². The molecule has 0 atom stereocenters. The molecule has 0 aliphatic rings. The molecule has 3 aromatic heterocycles. The maximum atomic E-state index is 14.3. The van der Waals surface area contributed by atoms with Gasteiger partial charge in [-0.15, -0.1) is 0 Å². The van der Waals surface area contributed by atoms with Crippen LogP contribution in [-0.4, -0.2) is 13.7 Å². The first kappa shape index (κ1) is 23.8. The Labute approximate surface area is 246 Å². The molecule has 0 radical (unpaired) electrons. The Morgan fingerprint density at radius 2 is 0.791 bits per heavy atom. The molecule has 0 unspecified atom stereocenters. The highest BCUT2D eigenvalue weighted by Gasteiger charge is 2.23. The van der Waals surface area contributed by atoms with Crippen LogP contribution >= 0.6 is 0 Å². The lowest BCUT2D eigenvalue weighted by Crippen LogP contribution is -2.19. The normalized spacial score (nSPS) is 11.8. The molecule has 0 N–H and O–H groups in total. The SMILES string of the molecule is O=c1c2ccccc2c2c(c3cc4c5ccccc5n(-c5ccccc5)c4cc3n2-c2ccccc2)n1-c1ccccc1. The summed E-state index contributed by atoms with van der Waals surface area (Å²) < 4.78 is 6.58. The lowest BCUT2D eigenvalue weighted by molar-refractivity contribution is 1.06. The Hall–Kier alpha value is -5.87. The highest BCUT2D eigenvalue weighted by Crippen LogP contribution is 2.41. The van der Waals surface area contributed by atoms with Gasteiger partial charge in [-0.3, -0.25) is 9.36 Å². The van der Waals surface area contributed by atoms with Crippen LogP contribution in [0, 0.1) is 0 Å². The molecule has 43 heavy (non-hydrogen) atoms. The third-order valence-electron chi connectivity index (χ3n) is 8.62. The first-order valence-corrected chi connectivity index (χ1v) is 14.5. The second kappa shape index (κ2) is 9.07. The minimum atomic E-state index is -0.0202. The summed E-state index contributed by atoms with van der Waals surface area (Å²) in [4.78, 5) is 14.3. The van der Waals surface area contributed by atoms with E-state index in [2.05, 4.69) is 106 Å². The van der Waals surface area contributed by atoms with E-state index in [9.17, 15) is 4.79 Å². The molecular formula is C39H25N3O. The zero-order chi connectivity index (χ0) is 28.5. The minimum Gasteiger partial charge on any atom is -0.309 e. The Morgan fingerprint density at radius 1 is 0.326 bits per heavy atom. The number of hydrogen-bond donors (Lipinski definition) is 0. The molecule has 3 heterocycles. The van der Waals surface area contributed by atoms with Crippen LogP contribution in [0.4, 0.5) is 0 Å². The van der Waals surface area contributed by atoms with Crippen LogP contribution in [0.1, 0.15) is 0 Å². The number of rotatable bonds is 3. The van der Waals surface area contributed by atoms with Crippen molar-refractivity contribution in [1.82, 2.24) is 13.7 Å². The summed E-state index contributed by atoms with van der Waals surface area (Å²) >= 11 is 0. The number of nitrogens with zero attached hydrogens (tertiary/aromatic N) is 3. The summed E-state index contributed by atoms with van der Waals surface area (Å²) in [6.07, 6.45) is 0. The van der Waals surface area contributed by atoms with E-state index < -0.39 is 0 Å². The highest BCUT2D eigenvalue weighted by molar-refractivity contribution is 6.22. The molecule has 202 valence electrons. The van der Waals surface area contributed by atoms with Crippen LogP contribution in [-0.2, 0) is 0 Å². The molecule has 0 spiro atoms. The van der Waals surface area contributed by atoms with Gasteiger partial charge >= 0.3 is 0 Å². The predicted octanol–water partition coefficient (Wildman–Crippen LogP) is 9.18. The van der Waals surface area contributed by atoms with Gasteiger partial charge in [0.2, 0.25) is 0 Å². The summed E-state index contributed by atoms with van der Waals surface area (Å²) in [7, 11) is 0. The van der Waals surface area contributed by atoms with Gasteiger partial charge in [0.1, 0.15) is 0 Å². The van der Waals surface area contributed by atoms with Crippen LogP contribution < -0.4 is 5.56 Å². The molecule has 4 heteroatoms. The summed E-state index contributed by atoms with van der Waals surface area (Å²) in [6, 6.07) is 52.2. The quantitative estimate of drug-likeness (QED) is 0.215. The number of benzene rings is 6. The number of pyridine rings is 1. The predicted molar refractivity (Wildman–Crippen MR) is 178 cm³/mol. The molecule has 0 aliphatic heterocycles. The van der Waals surface area contributed by atoms with E-state index in [1.807, 2.05) is 59.2 Å². The smallest absolute Gasteiger partial charge is 0.263 e. The van der Waals surface area contributed by atoms with E-state index in [0.29, 0.717) is 5.39 Å². The lowest BCUT2D eigenvalue weighted by Gasteiger charge is -2.13. The molecule has 0 fully saturated rings. The lowest BCUT2D eigenvalue weighted by atomic mass is 10.1. The fourth-order valence-electron chi connectivity index (χ4n) is 6.83. The maximum absolute atomic E-state index is 14.3. The minimum absolute atomic E-state index is 0.0202. The van der Waals surface area contributed by atoms with Crippen LogP contribution in [0.25, 0.3) is 71.6 Å². The maximum Gasteiger partial charge on any atom is 0.263 e. The fraction of sp³-hybridized carbons (Fsp3) is 0. The highest BCUT2D eigenvalue weighted by atomic mass is 16.1. The van der Waals surface area contributed by atoms with Gasteiger partial charge in [0.25, 0.3) is 5.56 Å². The molecule has 0 saturated carbocycles. The number of aromatic nitrogens is 3. The van der Waals surface area contributed by atoms with Gasteiger partial charge < -0.3 is 9.13 Å². The third-order valence-corrected chi connectivity index (χ3v) is 8.62. The van der Waals surface area contributed by atoms with Gasteiger partial charge in [0.05, 0.1) is 27.6 Å². The Balaban J connectivity index is 1.59. The molecule has 4 nitrogen and oxygen atoms in total. The molecule has 0 bridgehead atoms. The Bertz CT molecular complexity index is 2560. The first-order valence-electron chi connectivity index (χ1n) is 14.5. The summed E-state index contributed by atoms with van der Waals surface area (Å²) in [5.41, 5.74) is 8.24. The molecule has 0 aliphatic carbocycles. The summed E-state index contributed by atoms with van der Waals surface area (Å²) in [5.74, 6) is 0. The molecule has 0 saturated heterocycles. The topological polar surface area (TPSA) is 31.9 Å². The zero-order valence-corrected chi connectivity index (χ0v) is 23.2. The number of para-hydroxylation sites is 4. The van der Waals surface area contributed by atoms with Crippen molar-refractivity contribution in [3.8, 4) is 17.1 Å². The summed E-state index contributed by atoms with van der Waals surface area (Å²) in [6.45, 7) is 0. The zero-order valence-electron chi connectivity index (χ0n) is 23.2. The van der Waals surface area contributed by atoms with E-state index in [0.717, 1.165) is 60.8 Å². The van der Waals surface area contributed by atoms with Crippen molar-refractivity contribution in [2.75, 3.05) is 0 Å². The van der Waals surface area contributed by atoms with E-state index in [1.165, 1.54) is 5.39 Å². The largest absolute Gasteiger partial charge is 0.309 e. The van der Waals surface area contributed by atoms with Gasteiger partial charge in [0.15, 0.2) is 0 Å². The first-order chi connectivity index (χ1) is 21.3. The van der Waals surface area contributed by atoms with Crippen molar-refractivity contribution >= 4 is 54.5 Å². The molecule has 6 aromatic carbocycles. The van der Waals surface area contributed by atoms with E-state index in [1.54, 1.807) is 0 Å². The second-order valence-electron chi connectivity index (χ2n) is 11.0. The molecule has 0 amide bonds. The second-order valence-corrected chi connectivity index (χ2v) is 11.0. The Morgan fingerprint density at radius 3 is 1.44 bits per heavy atom.